The Balaban J connectivity index is 5.15. The van der Waals surface area contributed by atoms with Crippen LogP contribution in [0.4, 0.5) is 0 Å². The van der Waals surface area contributed by atoms with Crippen molar-refractivity contribution >= 4 is 41.0 Å². The second-order valence-electron chi connectivity index (χ2n) is 3.57. The number of ether oxygens (including phenoxy) is 3. The van der Waals surface area contributed by atoms with Crippen LogP contribution in [0.3, 0.4) is 0 Å². The first-order valence-corrected chi connectivity index (χ1v) is 6.98. The van der Waals surface area contributed by atoms with E-state index in [0.717, 1.165) is 6.92 Å². The Bertz CT molecular complexity index is 398. The molecule has 0 aromatic rings. The van der Waals surface area contributed by atoms with Crippen molar-refractivity contribution in [3.63, 3.8) is 0 Å². The van der Waals surface area contributed by atoms with Gasteiger partial charge in [-0.1, -0.05) is 27.7 Å². The highest BCUT2D eigenvalue weighted by atomic mass is 127. The summed E-state index contributed by atoms with van der Waals surface area (Å²) in [5.74, 6) is -1.22. The first-order valence-electron chi connectivity index (χ1n) is 5.46. The number of rotatable bonds is 9. The number of carbonyl (C=O) groups excluding carboxylic acids is 3. The molecule has 10 heteroatoms. The summed E-state index contributed by atoms with van der Waals surface area (Å²) in [5, 5.41) is 3.49. The average molecular weight is 399 g/mol. The van der Waals surface area contributed by atoms with Gasteiger partial charge in [-0.2, -0.15) is 0 Å². The third kappa shape index (κ3) is 7.14. The standard InChI is InChI=1S/C10H14IN3O6/c1-6(16)18-4-9(19-5-15)10(20-7(2)17)8(3-11)13-14-12/h5,8-10H,3-4H2,1-2H3/t8-,9+,10-/m0/s1. The minimum atomic E-state index is -1.05. The van der Waals surface area contributed by atoms with E-state index >= 15 is 0 Å². The van der Waals surface area contributed by atoms with Crippen molar-refractivity contribution in [1.82, 2.24) is 0 Å². The molecule has 0 radical (unpaired) electrons. The van der Waals surface area contributed by atoms with Gasteiger partial charge in [0.05, 0.1) is 6.04 Å². The van der Waals surface area contributed by atoms with Crippen LogP contribution in [0.5, 0.6) is 0 Å². The number of hydrogen-bond acceptors (Lipinski definition) is 7. The van der Waals surface area contributed by atoms with Crippen LogP contribution in [-0.4, -0.2) is 47.7 Å². The third-order valence-electron chi connectivity index (χ3n) is 2.09. The summed E-state index contributed by atoms with van der Waals surface area (Å²) < 4.78 is 14.8. The molecule has 0 amide bonds. The van der Waals surface area contributed by atoms with Gasteiger partial charge in [0.2, 0.25) is 0 Å². The summed E-state index contributed by atoms with van der Waals surface area (Å²) in [5.41, 5.74) is 8.50. The van der Waals surface area contributed by atoms with Crippen molar-refractivity contribution in [3.8, 4) is 0 Å². The molecule has 0 aliphatic carbocycles. The van der Waals surface area contributed by atoms with Gasteiger partial charge in [0.25, 0.3) is 6.47 Å². The van der Waals surface area contributed by atoms with Crippen LogP contribution in [0.25, 0.3) is 10.4 Å². The predicted molar refractivity (Wildman–Crippen MR) is 74.9 cm³/mol. The van der Waals surface area contributed by atoms with Gasteiger partial charge in [-0.15, -0.1) is 0 Å². The molecule has 0 fully saturated rings. The molecule has 0 saturated heterocycles. The lowest BCUT2D eigenvalue weighted by atomic mass is 10.1. The van der Waals surface area contributed by atoms with E-state index in [4.69, 9.17) is 19.7 Å². The number of carbonyl (C=O) groups is 3. The van der Waals surface area contributed by atoms with E-state index in [1.807, 2.05) is 22.6 Å². The quantitative estimate of drug-likeness (QED) is 0.0836. The Morgan fingerprint density at radius 2 is 2.05 bits per heavy atom. The van der Waals surface area contributed by atoms with Crippen LogP contribution in [0.2, 0.25) is 0 Å². The Labute approximate surface area is 128 Å². The topological polar surface area (TPSA) is 128 Å². The molecule has 0 N–H and O–H groups in total. The van der Waals surface area contributed by atoms with Gasteiger partial charge < -0.3 is 14.2 Å². The number of hydrogen-bond donors (Lipinski definition) is 0. The molecule has 0 heterocycles. The van der Waals surface area contributed by atoms with Crippen LogP contribution < -0.4 is 0 Å². The highest BCUT2D eigenvalue weighted by Crippen LogP contribution is 2.16. The van der Waals surface area contributed by atoms with Crippen molar-refractivity contribution in [2.24, 2.45) is 5.11 Å². The largest absolute Gasteiger partial charge is 0.462 e. The normalized spacial score (nSPS) is 14.2. The Morgan fingerprint density at radius 1 is 1.40 bits per heavy atom. The van der Waals surface area contributed by atoms with Gasteiger partial charge in [-0.3, -0.25) is 14.4 Å². The number of azide groups is 1. The number of halogens is 1. The maximum atomic E-state index is 11.1. The monoisotopic (exact) mass is 399 g/mol. The zero-order valence-electron chi connectivity index (χ0n) is 10.9. The summed E-state index contributed by atoms with van der Waals surface area (Å²) in [7, 11) is 0. The maximum absolute atomic E-state index is 11.1. The lowest BCUT2D eigenvalue weighted by Gasteiger charge is -2.28. The first kappa shape index (κ1) is 18.4. The number of alkyl halides is 1. The predicted octanol–water partition coefficient (Wildman–Crippen LogP) is 1.14. The summed E-state index contributed by atoms with van der Waals surface area (Å²) in [4.78, 5) is 35.1. The van der Waals surface area contributed by atoms with E-state index in [9.17, 15) is 14.4 Å². The molecule has 0 saturated carbocycles. The molecule has 0 unspecified atom stereocenters. The van der Waals surface area contributed by atoms with E-state index in [1.165, 1.54) is 6.92 Å². The minimum Gasteiger partial charge on any atom is -0.462 e. The van der Waals surface area contributed by atoms with Crippen molar-refractivity contribution < 1.29 is 28.6 Å². The fourth-order valence-corrected chi connectivity index (χ4v) is 2.00. The second-order valence-corrected chi connectivity index (χ2v) is 4.45. The van der Waals surface area contributed by atoms with Gasteiger partial charge in [-0.25, -0.2) is 0 Å². The van der Waals surface area contributed by atoms with Crippen molar-refractivity contribution in [3.05, 3.63) is 10.4 Å². The number of esters is 2. The van der Waals surface area contributed by atoms with E-state index in [2.05, 4.69) is 10.0 Å². The highest BCUT2D eigenvalue weighted by Gasteiger charge is 2.33. The van der Waals surface area contributed by atoms with Gasteiger partial charge in [0.1, 0.15) is 6.61 Å². The lowest BCUT2D eigenvalue weighted by Crippen LogP contribution is -2.44. The van der Waals surface area contributed by atoms with Gasteiger partial charge >= 0.3 is 11.9 Å². The summed E-state index contributed by atoms with van der Waals surface area (Å²) in [6.45, 7) is 2.18. The van der Waals surface area contributed by atoms with Crippen LogP contribution in [0.15, 0.2) is 5.11 Å². The zero-order chi connectivity index (χ0) is 15.5. The molecule has 3 atom stereocenters. The fraction of sp³-hybridized carbons (Fsp3) is 0.700. The van der Waals surface area contributed by atoms with Crippen LogP contribution in [-0.2, 0) is 28.6 Å². The van der Waals surface area contributed by atoms with Crippen LogP contribution in [0, 0.1) is 0 Å². The Kier molecular flexibility index (Phi) is 9.47. The van der Waals surface area contributed by atoms with Crippen molar-refractivity contribution in [2.45, 2.75) is 32.1 Å². The second kappa shape index (κ2) is 10.3. The molecule has 0 spiro atoms. The molecule has 0 aliphatic heterocycles. The Morgan fingerprint density at radius 3 is 2.45 bits per heavy atom. The maximum Gasteiger partial charge on any atom is 0.303 e. The molecule has 0 aromatic carbocycles. The zero-order valence-corrected chi connectivity index (χ0v) is 13.1. The molecule has 0 aromatic heterocycles. The van der Waals surface area contributed by atoms with Gasteiger partial charge in [-0.05, 0) is 5.53 Å². The first-order chi connectivity index (χ1) is 9.46. The average Bonchev–Trinajstić information content (AvgIpc) is 2.38. The highest BCUT2D eigenvalue weighted by molar-refractivity contribution is 14.1. The summed E-state index contributed by atoms with van der Waals surface area (Å²) in [6, 6.07) is -0.759. The van der Waals surface area contributed by atoms with Crippen molar-refractivity contribution in [1.29, 1.82) is 0 Å². The number of nitrogens with zero attached hydrogens (tertiary/aromatic N) is 3. The smallest absolute Gasteiger partial charge is 0.303 e. The van der Waals surface area contributed by atoms with Crippen LogP contribution >= 0.6 is 22.6 Å². The van der Waals surface area contributed by atoms with E-state index < -0.39 is 30.2 Å². The molecule has 20 heavy (non-hydrogen) atoms. The lowest BCUT2D eigenvalue weighted by molar-refractivity contribution is -0.168. The van der Waals surface area contributed by atoms with Crippen molar-refractivity contribution in [2.75, 3.05) is 11.0 Å². The van der Waals surface area contributed by atoms with E-state index in [1.54, 1.807) is 0 Å². The summed E-state index contributed by atoms with van der Waals surface area (Å²) in [6.07, 6.45) is -2.09. The molecule has 112 valence electrons. The minimum absolute atomic E-state index is 0.144. The summed E-state index contributed by atoms with van der Waals surface area (Å²) >= 11 is 1.93. The molecule has 9 nitrogen and oxygen atoms in total. The van der Waals surface area contributed by atoms with Gasteiger partial charge in [0, 0.05) is 23.2 Å². The molecular formula is C10H14IN3O6. The molecule has 0 rings (SSSR count). The van der Waals surface area contributed by atoms with E-state index in [0.29, 0.717) is 4.43 Å². The molecule has 0 aliphatic rings. The third-order valence-corrected chi connectivity index (χ3v) is 2.99. The van der Waals surface area contributed by atoms with Gasteiger partial charge in [0.15, 0.2) is 12.2 Å². The van der Waals surface area contributed by atoms with Crippen LogP contribution in [0.1, 0.15) is 13.8 Å². The fourth-order valence-electron chi connectivity index (χ4n) is 1.33. The molecular weight excluding hydrogens is 385 g/mol. The molecule has 0 bridgehead atoms. The SMILES string of the molecule is CC(=O)OC[C@@H](OC=O)[C@@H](OC(C)=O)[C@H](CI)N=[N+]=[N-]. The Hall–Kier alpha value is -1.55. The van der Waals surface area contributed by atoms with E-state index in [-0.39, 0.29) is 13.1 Å².